The number of amidine groups is 1. The smallest absolute Gasteiger partial charge is 0.417 e. The molecular formula is C32H31BF3N5O5S. The van der Waals surface area contributed by atoms with Crippen LogP contribution in [0.15, 0.2) is 94.9 Å². The standard InChI is InChI=1S/C32H31BF3N5O5S/c1-44-24-10-4-21(5-11-24)18-40(19-22-6-12-25(45-2)13-7-22)47(42,43)30-27(32(34,35)36)16-17-28(33)29(30)31-37-39-41(38-31)20-23-8-14-26(46-3)15-9-23/h4-17,39H,18-20H2,1-3H3,(H,37,38). The lowest BCUT2D eigenvalue weighted by molar-refractivity contribution is -0.139. The number of sulfonamides is 1. The molecule has 2 N–H and O–H groups in total. The molecular weight excluding hydrogens is 634 g/mol. The number of hydrazine groups is 2. The summed E-state index contributed by atoms with van der Waals surface area (Å²) in [5.74, 6) is 1.52. The fraction of sp³-hybridized carbons (Fsp3) is 0.219. The van der Waals surface area contributed by atoms with E-state index in [2.05, 4.69) is 16.1 Å². The number of hydrazone groups is 1. The molecule has 4 aromatic carbocycles. The molecule has 2 radical (unpaired) electrons. The molecule has 0 bridgehead atoms. The third-order valence-corrected chi connectivity index (χ3v) is 9.27. The molecule has 1 heterocycles. The lowest BCUT2D eigenvalue weighted by atomic mass is 9.88. The molecule has 15 heteroatoms. The number of ether oxygens (including phenoxy) is 3. The van der Waals surface area contributed by atoms with Gasteiger partial charge in [-0.1, -0.05) is 47.9 Å². The molecule has 1 aliphatic heterocycles. The number of benzene rings is 4. The van der Waals surface area contributed by atoms with Gasteiger partial charge in [0.05, 0.1) is 33.4 Å². The second-order valence-electron chi connectivity index (χ2n) is 10.5. The van der Waals surface area contributed by atoms with Gasteiger partial charge in [0.2, 0.25) is 10.0 Å². The van der Waals surface area contributed by atoms with Gasteiger partial charge in [0.25, 0.3) is 0 Å². The number of nitrogens with zero attached hydrogens (tertiary/aromatic N) is 3. The van der Waals surface area contributed by atoms with E-state index in [9.17, 15) is 21.6 Å². The van der Waals surface area contributed by atoms with E-state index in [0.29, 0.717) is 34.4 Å². The van der Waals surface area contributed by atoms with E-state index in [1.165, 1.54) is 19.3 Å². The Labute approximate surface area is 272 Å². The molecule has 244 valence electrons. The van der Waals surface area contributed by atoms with Crippen LogP contribution in [0.5, 0.6) is 17.2 Å². The molecule has 10 nitrogen and oxygen atoms in total. The van der Waals surface area contributed by atoms with Crippen LogP contribution in [0, 0.1) is 0 Å². The fourth-order valence-electron chi connectivity index (χ4n) is 4.95. The molecule has 47 heavy (non-hydrogen) atoms. The van der Waals surface area contributed by atoms with Gasteiger partial charge in [-0.15, -0.1) is 10.2 Å². The molecule has 0 saturated heterocycles. The first-order chi connectivity index (χ1) is 22.4. The maximum atomic E-state index is 14.6. The number of methoxy groups -OCH3 is 3. The largest absolute Gasteiger partial charge is 0.497 e. The van der Waals surface area contributed by atoms with Crippen molar-refractivity contribution in [2.45, 2.75) is 30.7 Å². The normalized spacial score (nSPS) is 13.6. The fourth-order valence-corrected chi connectivity index (χ4v) is 6.78. The van der Waals surface area contributed by atoms with Gasteiger partial charge in [0, 0.05) is 18.7 Å². The average Bonchev–Trinajstić information content (AvgIpc) is 3.52. The van der Waals surface area contributed by atoms with E-state index >= 15 is 0 Å². The Morgan fingerprint density at radius 1 is 0.766 bits per heavy atom. The van der Waals surface area contributed by atoms with Crippen molar-refractivity contribution < 1.29 is 35.8 Å². The first-order valence-electron chi connectivity index (χ1n) is 14.2. The number of hydrogen-bond donors (Lipinski definition) is 2. The summed E-state index contributed by atoms with van der Waals surface area (Å²) in [5, 5.41) is 5.53. The SMILES string of the molecule is [B]c1ccc(C(F)(F)F)c(S(=O)(=O)N(Cc2ccc(OC)cc2)Cc2ccc(OC)cc2)c1C1=NNN(Cc2ccc(OC)cc2)N1. The number of rotatable bonds is 12. The molecule has 0 aliphatic carbocycles. The Hall–Kier alpha value is -4.73. The molecule has 0 fully saturated rings. The second-order valence-corrected chi connectivity index (χ2v) is 12.4. The van der Waals surface area contributed by atoms with E-state index in [0.717, 1.165) is 15.9 Å². The lowest BCUT2D eigenvalue weighted by Crippen LogP contribution is -2.43. The maximum absolute atomic E-state index is 14.6. The molecule has 4 aromatic rings. The number of halogens is 3. The zero-order valence-electron chi connectivity index (χ0n) is 25.7. The molecule has 0 aromatic heterocycles. The topological polar surface area (TPSA) is 105 Å². The zero-order chi connectivity index (χ0) is 33.8. The molecule has 0 spiro atoms. The van der Waals surface area contributed by atoms with Crippen molar-refractivity contribution in [3.05, 3.63) is 113 Å². The number of hydrogen-bond acceptors (Lipinski definition) is 9. The van der Waals surface area contributed by atoms with Crippen molar-refractivity contribution in [2.24, 2.45) is 5.10 Å². The Kier molecular flexibility index (Phi) is 9.98. The lowest BCUT2D eigenvalue weighted by Gasteiger charge is -2.27. The highest BCUT2D eigenvalue weighted by atomic mass is 32.2. The summed E-state index contributed by atoms with van der Waals surface area (Å²) >= 11 is 0. The van der Waals surface area contributed by atoms with Crippen molar-refractivity contribution in [2.75, 3.05) is 21.3 Å². The molecule has 0 amide bonds. The van der Waals surface area contributed by atoms with E-state index in [4.69, 9.17) is 22.1 Å². The van der Waals surface area contributed by atoms with Gasteiger partial charge >= 0.3 is 6.18 Å². The van der Waals surface area contributed by atoms with Crippen molar-refractivity contribution in [3.63, 3.8) is 0 Å². The van der Waals surface area contributed by atoms with Gasteiger partial charge in [-0.2, -0.15) is 17.5 Å². The van der Waals surface area contributed by atoms with Crippen LogP contribution < -0.4 is 30.6 Å². The number of alkyl halides is 3. The minimum Gasteiger partial charge on any atom is -0.497 e. The van der Waals surface area contributed by atoms with Gasteiger partial charge in [-0.3, -0.25) is 5.43 Å². The van der Waals surface area contributed by atoms with Gasteiger partial charge in [0.15, 0.2) is 5.84 Å². The predicted octanol–water partition coefficient (Wildman–Crippen LogP) is 4.10. The van der Waals surface area contributed by atoms with Gasteiger partial charge in [0.1, 0.15) is 30.0 Å². The van der Waals surface area contributed by atoms with Gasteiger partial charge < -0.3 is 14.2 Å². The van der Waals surface area contributed by atoms with Crippen LogP contribution in [-0.4, -0.2) is 52.9 Å². The summed E-state index contributed by atoms with van der Waals surface area (Å²) in [6.45, 7) is -0.309. The van der Waals surface area contributed by atoms with Crippen LogP contribution in [-0.2, 0) is 35.8 Å². The first kappa shape index (κ1) is 33.6. The van der Waals surface area contributed by atoms with Crippen LogP contribution in [0.3, 0.4) is 0 Å². The summed E-state index contributed by atoms with van der Waals surface area (Å²) in [5.41, 5.74) is 5.38. The predicted molar refractivity (Wildman–Crippen MR) is 171 cm³/mol. The van der Waals surface area contributed by atoms with Crippen molar-refractivity contribution in [3.8, 4) is 17.2 Å². The molecule has 0 saturated carbocycles. The minimum atomic E-state index is -5.05. The molecule has 1 aliphatic rings. The molecule has 5 rings (SSSR count). The summed E-state index contributed by atoms with van der Waals surface area (Å²) in [4.78, 5) is -1.02. The first-order valence-corrected chi connectivity index (χ1v) is 15.6. The molecule has 0 atom stereocenters. The maximum Gasteiger partial charge on any atom is 0.417 e. The van der Waals surface area contributed by atoms with E-state index in [1.807, 2.05) is 0 Å². The van der Waals surface area contributed by atoms with Crippen molar-refractivity contribution >= 4 is 29.2 Å². The van der Waals surface area contributed by atoms with Crippen LogP contribution >= 0.6 is 0 Å². The van der Waals surface area contributed by atoms with E-state index in [-0.39, 0.29) is 30.9 Å². The summed E-state index contributed by atoms with van der Waals surface area (Å²) in [6, 6.07) is 21.9. The number of nitrogens with one attached hydrogen (secondary N) is 2. The van der Waals surface area contributed by atoms with E-state index in [1.54, 1.807) is 79.9 Å². The summed E-state index contributed by atoms with van der Waals surface area (Å²) < 4.78 is 89.7. The van der Waals surface area contributed by atoms with Gasteiger partial charge in [-0.05, 0) is 59.2 Å². The van der Waals surface area contributed by atoms with Crippen LogP contribution in [0.25, 0.3) is 0 Å². The Morgan fingerprint density at radius 3 is 1.68 bits per heavy atom. The van der Waals surface area contributed by atoms with Crippen LogP contribution in [0.1, 0.15) is 27.8 Å². The third-order valence-electron chi connectivity index (χ3n) is 7.39. The zero-order valence-corrected chi connectivity index (χ0v) is 26.5. The minimum absolute atomic E-state index is 0.200. The molecule has 0 unspecified atom stereocenters. The Balaban J connectivity index is 1.57. The summed E-state index contributed by atoms with van der Waals surface area (Å²) in [7, 11) is 5.84. The van der Waals surface area contributed by atoms with Gasteiger partial charge in [-0.25, -0.2) is 14.0 Å². The quantitative estimate of drug-likeness (QED) is 0.218. The van der Waals surface area contributed by atoms with Crippen molar-refractivity contribution in [1.29, 1.82) is 0 Å². The average molecular weight is 666 g/mol. The van der Waals surface area contributed by atoms with Crippen molar-refractivity contribution in [1.82, 2.24) is 20.4 Å². The highest BCUT2D eigenvalue weighted by Gasteiger charge is 2.42. The monoisotopic (exact) mass is 665 g/mol. The summed E-state index contributed by atoms with van der Waals surface area (Å²) in [6.07, 6.45) is -5.05. The van der Waals surface area contributed by atoms with E-state index < -0.39 is 32.2 Å². The van der Waals surface area contributed by atoms with Crippen LogP contribution in [0.4, 0.5) is 13.2 Å². The highest BCUT2D eigenvalue weighted by Crippen LogP contribution is 2.38. The second kappa shape index (κ2) is 14.0. The third kappa shape index (κ3) is 7.64. The van der Waals surface area contributed by atoms with Crippen LogP contribution in [0.2, 0.25) is 0 Å². The Bertz CT molecular complexity index is 1790. The highest BCUT2D eigenvalue weighted by molar-refractivity contribution is 7.89. The Morgan fingerprint density at radius 2 is 1.23 bits per heavy atom.